The maximum absolute atomic E-state index is 10.9. The van der Waals surface area contributed by atoms with Gasteiger partial charge < -0.3 is 19.9 Å². The largest absolute Gasteiger partial charge is 0.490 e. The second-order valence-corrected chi connectivity index (χ2v) is 5.90. The van der Waals surface area contributed by atoms with Crippen LogP contribution in [-0.4, -0.2) is 31.4 Å². The molecule has 2 atom stereocenters. The van der Waals surface area contributed by atoms with Gasteiger partial charge in [-0.25, -0.2) is 0 Å². The van der Waals surface area contributed by atoms with Gasteiger partial charge in [-0.3, -0.25) is 0 Å². The second kappa shape index (κ2) is 5.62. The number of ether oxygens (including phenoxy) is 2. The molecule has 4 heteroatoms. The van der Waals surface area contributed by atoms with Gasteiger partial charge in [-0.05, 0) is 44.0 Å². The number of nitrogens with one attached hydrogen (secondary N) is 1. The average molecular weight is 277 g/mol. The Balaban J connectivity index is 1.87. The van der Waals surface area contributed by atoms with Crippen molar-refractivity contribution in [3.63, 3.8) is 0 Å². The summed E-state index contributed by atoms with van der Waals surface area (Å²) in [5.74, 6) is 1.77. The molecule has 0 amide bonds. The van der Waals surface area contributed by atoms with Crippen LogP contribution >= 0.6 is 0 Å². The molecule has 1 aromatic carbocycles. The predicted molar refractivity (Wildman–Crippen MR) is 77.2 cm³/mol. The molecule has 0 aromatic heterocycles. The van der Waals surface area contributed by atoms with Crippen LogP contribution < -0.4 is 14.8 Å². The molecule has 2 N–H and O–H groups in total. The minimum atomic E-state index is -0.835. The molecule has 2 aliphatic heterocycles. The van der Waals surface area contributed by atoms with Gasteiger partial charge in [-0.15, -0.1) is 0 Å². The van der Waals surface area contributed by atoms with Crippen molar-refractivity contribution in [2.75, 3.05) is 26.3 Å². The minimum absolute atomic E-state index is 0.237. The van der Waals surface area contributed by atoms with Gasteiger partial charge in [0.2, 0.25) is 0 Å². The zero-order valence-electron chi connectivity index (χ0n) is 12.0. The minimum Gasteiger partial charge on any atom is -0.490 e. The Morgan fingerprint density at radius 1 is 1.20 bits per heavy atom. The quantitative estimate of drug-likeness (QED) is 0.869. The maximum atomic E-state index is 10.9. The molecule has 0 radical (unpaired) electrons. The van der Waals surface area contributed by atoms with E-state index in [0.29, 0.717) is 13.2 Å². The summed E-state index contributed by atoms with van der Waals surface area (Å²) < 4.78 is 11.4. The van der Waals surface area contributed by atoms with Crippen LogP contribution in [0.3, 0.4) is 0 Å². The molecular weight excluding hydrogens is 254 g/mol. The normalized spacial score (nSPS) is 25.6. The molecule has 4 nitrogen and oxygen atoms in total. The SMILES string of the molecule is CC(O)(c1ccc2c(c1)OCCCO2)C1CCCNC1. The number of benzene rings is 1. The first-order chi connectivity index (χ1) is 9.68. The van der Waals surface area contributed by atoms with Crippen LogP contribution in [0.5, 0.6) is 11.5 Å². The van der Waals surface area contributed by atoms with Crippen LogP contribution in [-0.2, 0) is 5.60 Å². The first-order valence-corrected chi connectivity index (χ1v) is 7.51. The highest BCUT2D eigenvalue weighted by molar-refractivity contribution is 5.45. The Hall–Kier alpha value is -1.26. The van der Waals surface area contributed by atoms with Crippen LogP contribution in [0.25, 0.3) is 0 Å². The highest BCUT2D eigenvalue weighted by Gasteiger charge is 2.35. The van der Waals surface area contributed by atoms with Crippen molar-refractivity contribution in [3.05, 3.63) is 23.8 Å². The Morgan fingerprint density at radius 3 is 2.75 bits per heavy atom. The van der Waals surface area contributed by atoms with Gasteiger partial charge in [0.15, 0.2) is 11.5 Å². The van der Waals surface area contributed by atoms with Gasteiger partial charge in [0.1, 0.15) is 0 Å². The lowest BCUT2D eigenvalue weighted by molar-refractivity contribution is -0.0158. The smallest absolute Gasteiger partial charge is 0.161 e. The lowest BCUT2D eigenvalue weighted by atomic mass is 9.79. The Bertz CT molecular complexity index is 467. The molecule has 0 bridgehead atoms. The number of hydrogen-bond acceptors (Lipinski definition) is 4. The molecule has 1 saturated heterocycles. The van der Waals surface area contributed by atoms with Crippen LogP contribution in [0.2, 0.25) is 0 Å². The van der Waals surface area contributed by atoms with Crippen LogP contribution in [0, 0.1) is 5.92 Å². The van der Waals surface area contributed by atoms with E-state index in [1.54, 1.807) is 0 Å². The van der Waals surface area contributed by atoms with E-state index in [2.05, 4.69) is 5.32 Å². The molecule has 0 saturated carbocycles. The summed E-state index contributed by atoms with van der Waals surface area (Å²) in [5, 5.41) is 14.3. The van der Waals surface area contributed by atoms with Crippen molar-refractivity contribution in [1.29, 1.82) is 0 Å². The third-order valence-corrected chi connectivity index (χ3v) is 4.42. The molecule has 1 fully saturated rings. The number of aliphatic hydroxyl groups is 1. The van der Waals surface area contributed by atoms with Crippen molar-refractivity contribution in [1.82, 2.24) is 5.32 Å². The molecule has 2 heterocycles. The molecule has 2 unspecified atom stereocenters. The zero-order valence-corrected chi connectivity index (χ0v) is 12.0. The Labute approximate surface area is 120 Å². The summed E-state index contributed by atoms with van der Waals surface area (Å²) in [5.41, 5.74) is 0.0772. The first-order valence-electron chi connectivity index (χ1n) is 7.51. The fourth-order valence-corrected chi connectivity index (χ4v) is 3.05. The van der Waals surface area contributed by atoms with Crippen molar-refractivity contribution in [2.24, 2.45) is 5.92 Å². The fourth-order valence-electron chi connectivity index (χ4n) is 3.05. The number of rotatable bonds is 2. The van der Waals surface area contributed by atoms with E-state index >= 15 is 0 Å². The van der Waals surface area contributed by atoms with E-state index in [1.807, 2.05) is 25.1 Å². The lowest BCUT2D eigenvalue weighted by Gasteiger charge is -2.36. The van der Waals surface area contributed by atoms with E-state index in [-0.39, 0.29) is 5.92 Å². The van der Waals surface area contributed by atoms with E-state index < -0.39 is 5.60 Å². The van der Waals surface area contributed by atoms with Gasteiger partial charge >= 0.3 is 0 Å². The van der Waals surface area contributed by atoms with E-state index in [4.69, 9.17) is 9.47 Å². The Kier molecular flexibility index (Phi) is 3.85. The summed E-state index contributed by atoms with van der Waals surface area (Å²) in [6.45, 7) is 5.18. The van der Waals surface area contributed by atoms with Crippen LogP contribution in [0.15, 0.2) is 18.2 Å². The number of fused-ring (bicyclic) bond motifs is 1. The third kappa shape index (κ3) is 2.63. The molecule has 2 aliphatic rings. The van der Waals surface area contributed by atoms with Crippen molar-refractivity contribution < 1.29 is 14.6 Å². The fraction of sp³-hybridized carbons (Fsp3) is 0.625. The van der Waals surface area contributed by atoms with Crippen molar-refractivity contribution in [3.8, 4) is 11.5 Å². The van der Waals surface area contributed by atoms with E-state index in [9.17, 15) is 5.11 Å². The number of piperidine rings is 1. The predicted octanol–water partition coefficient (Wildman–Crippen LogP) is 2.05. The standard InChI is InChI=1S/C16H23NO3/c1-16(18,13-4-2-7-17-11-13)12-5-6-14-15(10-12)20-9-3-8-19-14/h5-6,10,13,17-18H,2-4,7-9,11H2,1H3. The van der Waals surface area contributed by atoms with Gasteiger partial charge in [0.05, 0.1) is 18.8 Å². The molecule has 0 aliphatic carbocycles. The van der Waals surface area contributed by atoms with Gasteiger partial charge in [0.25, 0.3) is 0 Å². The average Bonchev–Trinajstić information content (AvgIpc) is 2.72. The van der Waals surface area contributed by atoms with Crippen LogP contribution in [0.1, 0.15) is 31.7 Å². The Morgan fingerprint density at radius 2 is 2.00 bits per heavy atom. The topological polar surface area (TPSA) is 50.7 Å². The summed E-state index contributed by atoms with van der Waals surface area (Å²) in [6.07, 6.45) is 3.06. The zero-order chi connectivity index (χ0) is 14.0. The number of hydrogen-bond donors (Lipinski definition) is 2. The van der Waals surface area contributed by atoms with Crippen molar-refractivity contribution >= 4 is 0 Å². The van der Waals surface area contributed by atoms with Crippen LogP contribution in [0.4, 0.5) is 0 Å². The van der Waals surface area contributed by atoms with E-state index in [0.717, 1.165) is 49.4 Å². The molecule has 1 aromatic rings. The molecule has 20 heavy (non-hydrogen) atoms. The highest BCUT2D eigenvalue weighted by Crippen LogP contribution is 2.38. The maximum Gasteiger partial charge on any atom is 0.161 e. The lowest BCUT2D eigenvalue weighted by Crippen LogP contribution is -2.42. The summed E-state index contributed by atoms with van der Waals surface area (Å²) in [4.78, 5) is 0. The summed E-state index contributed by atoms with van der Waals surface area (Å²) >= 11 is 0. The van der Waals surface area contributed by atoms with Crippen molar-refractivity contribution in [2.45, 2.75) is 31.8 Å². The molecular formula is C16H23NO3. The van der Waals surface area contributed by atoms with Gasteiger partial charge in [0, 0.05) is 18.9 Å². The molecule has 3 rings (SSSR count). The van der Waals surface area contributed by atoms with Gasteiger partial charge in [-0.2, -0.15) is 0 Å². The summed E-state index contributed by atoms with van der Waals surface area (Å²) in [7, 11) is 0. The summed E-state index contributed by atoms with van der Waals surface area (Å²) in [6, 6.07) is 5.82. The molecule has 110 valence electrons. The van der Waals surface area contributed by atoms with Gasteiger partial charge in [-0.1, -0.05) is 6.07 Å². The first kappa shape index (κ1) is 13.7. The van der Waals surface area contributed by atoms with E-state index in [1.165, 1.54) is 0 Å². The highest BCUT2D eigenvalue weighted by atomic mass is 16.5. The third-order valence-electron chi connectivity index (χ3n) is 4.42. The molecule has 0 spiro atoms. The second-order valence-electron chi connectivity index (χ2n) is 5.90. The monoisotopic (exact) mass is 277 g/mol.